The van der Waals surface area contributed by atoms with Crippen molar-refractivity contribution in [2.75, 3.05) is 0 Å². The van der Waals surface area contributed by atoms with E-state index in [0.717, 1.165) is 0 Å². The fourth-order valence-corrected chi connectivity index (χ4v) is 1.83. The smallest absolute Gasteiger partial charge is 0.0693 e. The predicted molar refractivity (Wildman–Crippen MR) is 58.7 cm³/mol. The molecule has 0 aliphatic carbocycles. The number of rotatable bonds is 5. The first kappa shape index (κ1) is 13.4. The van der Waals surface area contributed by atoms with E-state index in [1.165, 1.54) is 5.88 Å². The van der Waals surface area contributed by atoms with E-state index < -0.39 is 16.1 Å². The molecule has 72 valence electrons. The normalized spacial score (nSPS) is 21.5. The quantitative estimate of drug-likeness (QED) is 0.661. The molecule has 0 fully saturated rings. The molecule has 0 saturated heterocycles. The Morgan fingerprint density at radius 1 is 1.08 bits per heavy atom. The van der Waals surface area contributed by atoms with E-state index in [0.29, 0.717) is 6.42 Å². The number of hydrogen-bond donors (Lipinski definition) is 0. The first-order chi connectivity index (χ1) is 5.54. The Kier molecular flexibility index (Phi) is 7.66. The number of alkyl halides is 4. The van der Waals surface area contributed by atoms with Crippen LogP contribution in [-0.2, 0) is 0 Å². The summed E-state index contributed by atoms with van der Waals surface area (Å²) in [5.41, 5.74) is 0. The molecular formula is C7H9Cl5. The van der Waals surface area contributed by atoms with Crippen molar-refractivity contribution in [3.63, 3.8) is 0 Å². The summed E-state index contributed by atoms with van der Waals surface area (Å²) >= 11 is 28.7. The van der Waals surface area contributed by atoms with Gasteiger partial charge in [0.15, 0.2) is 0 Å². The molecule has 0 amide bonds. The van der Waals surface area contributed by atoms with Gasteiger partial charge in [-0.05, 0) is 6.42 Å². The Morgan fingerprint density at radius 2 is 1.58 bits per heavy atom. The third-order valence-electron chi connectivity index (χ3n) is 1.35. The summed E-state index contributed by atoms with van der Waals surface area (Å²) in [7, 11) is 0. The molecule has 0 aliphatic rings. The molecular weight excluding hydrogens is 261 g/mol. The molecule has 0 nitrogen and oxygen atoms in total. The van der Waals surface area contributed by atoms with E-state index >= 15 is 0 Å². The summed E-state index contributed by atoms with van der Waals surface area (Å²) in [6.07, 6.45) is 0.505. The highest BCUT2D eigenvalue weighted by molar-refractivity contribution is 6.40. The van der Waals surface area contributed by atoms with Gasteiger partial charge < -0.3 is 0 Å². The maximum absolute atomic E-state index is 5.89. The van der Waals surface area contributed by atoms with Crippen LogP contribution >= 0.6 is 58.0 Å². The standard InChI is InChI=1S/C7H9Cl5/c1-2-4(9)6(11)7(12)5(10)3-8/h3-7H,1-2H2. The van der Waals surface area contributed by atoms with Crippen LogP contribution in [-0.4, -0.2) is 21.5 Å². The van der Waals surface area contributed by atoms with Crippen LogP contribution in [0.25, 0.3) is 0 Å². The molecule has 0 saturated carbocycles. The lowest BCUT2D eigenvalue weighted by molar-refractivity contribution is 0.718. The topological polar surface area (TPSA) is 0 Å². The lowest BCUT2D eigenvalue weighted by atomic mass is 10.1. The van der Waals surface area contributed by atoms with E-state index in [2.05, 4.69) is 6.92 Å². The Labute approximate surface area is 98.4 Å². The molecule has 0 N–H and O–H groups in total. The van der Waals surface area contributed by atoms with Crippen LogP contribution < -0.4 is 0 Å². The van der Waals surface area contributed by atoms with Gasteiger partial charge in [-0.3, -0.25) is 0 Å². The highest BCUT2D eigenvalue weighted by Crippen LogP contribution is 2.27. The summed E-state index contributed by atoms with van der Waals surface area (Å²) in [4.78, 5) is 0. The van der Waals surface area contributed by atoms with Crippen molar-refractivity contribution in [3.8, 4) is 0 Å². The molecule has 5 heteroatoms. The van der Waals surface area contributed by atoms with Gasteiger partial charge in [0.1, 0.15) is 0 Å². The van der Waals surface area contributed by atoms with Crippen LogP contribution in [0.2, 0.25) is 0 Å². The van der Waals surface area contributed by atoms with Crippen molar-refractivity contribution >= 4 is 58.0 Å². The van der Waals surface area contributed by atoms with Crippen molar-refractivity contribution in [1.29, 1.82) is 0 Å². The average molecular weight is 270 g/mol. The zero-order chi connectivity index (χ0) is 9.72. The third-order valence-corrected chi connectivity index (χ3v) is 4.14. The number of hydrogen-bond acceptors (Lipinski definition) is 0. The number of halogens is 5. The molecule has 0 aromatic rings. The van der Waals surface area contributed by atoms with E-state index in [-0.39, 0.29) is 5.38 Å². The van der Waals surface area contributed by atoms with Crippen molar-refractivity contribution < 1.29 is 0 Å². The highest BCUT2D eigenvalue weighted by atomic mass is 35.5. The van der Waals surface area contributed by atoms with Crippen LogP contribution in [0.4, 0.5) is 0 Å². The molecule has 12 heavy (non-hydrogen) atoms. The molecule has 0 bridgehead atoms. The predicted octanol–water partition coefficient (Wildman–Crippen LogP) is 4.04. The van der Waals surface area contributed by atoms with Crippen molar-refractivity contribution in [2.24, 2.45) is 0 Å². The second kappa shape index (κ2) is 6.84. The van der Waals surface area contributed by atoms with Gasteiger partial charge >= 0.3 is 0 Å². The first-order valence-electron chi connectivity index (χ1n) is 3.33. The Morgan fingerprint density at radius 3 is 1.92 bits per heavy atom. The lowest BCUT2D eigenvalue weighted by Gasteiger charge is -2.22. The SMILES string of the molecule is [CH2]CC(Cl)C(Cl)C(Cl)C(Cl)[CH]Cl. The van der Waals surface area contributed by atoms with Gasteiger partial charge in [-0.15, -0.1) is 58.0 Å². The van der Waals surface area contributed by atoms with Crippen LogP contribution in [0.5, 0.6) is 0 Å². The minimum absolute atomic E-state index is 0.285. The molecule has 0 aromatic heterocycles. The summed E-state index contributed by atoms with van der Waals surface area (Å²) in [6.45, 7) is 3.61. The third kappa shape index (κ3) is 4.11. The zero-order valence-electron chi connectivity index (χ0n) is 6.19. The van der Waals surface area contributed by atoms with E-state index in [1.807, 2.05) is 0 Å². The minimum atomic E-state index is -0.483. The van der Waals surface area contributed by atoms with Gasteiger partial charge in [0.05, 0.1) is 27.4 Å². The van der Waals surface area contributed by atoms with Crippen molar-refractivity contribution in [2.45, 2.75) is 27.9 Å². The lowest BCUT2D eigenvalue weighted by Crippen LogP contribution is -2.31. The largest absolute Gasteiger partial charge is 0.121 e. The zero-order valence-corrected chi connectivity index (χ0v) is 9.97. The van der Waals surface area contributed by atoms with E-state index in [4.69, 9.17) is 58.0 Å². The molecule has 0 heterocycles. The summed E-state index contributed by atoms with van der Waals surface area (Å²) in [5, 5.41) is -1.67. The van der Waals surface area contributed by atoms with Gasteiger partial charge in [0, 0.05) is 0 Å². The van der Waals surface area contributed by atoms with Crippen molar-refractivity contribution in [1.82, 2.24) is 0 Å². The van der Waals surface area contributed by atoms with E-state index in [9.17, 15) is 0 Å². The summed E-state index contributed by atoms with van der Waals surface area (Å²) in [5.74, 6) is 1.27. The Bertz CT molecular complexity index is 104. The molecule has 0 spiro atoms. The van der Waals surface area contributed by atoms with Gasteiger partial charge in [0.2, 0.25) is 0 Å². The fraction of sp³-hybridized carbons (Fsp3) is 0.714. The minimum Gasteiger partial charge on any atom is -0.121 e. The average Bonchev–Trinajstić information content (AvgIpc) is 2.12. The molecule has 4 atom stereocenters. The molecule has 0 aromatic carbocycles. The summed E-state index contributed by atoms with van der Waals surface area (Å²) in [6, 6.07) is 0. The van der Waals surface area contributed by atoms with Crippen LogP contribution in [0.15, 0.2) is 0 Å². The van der Waals surface area contributed by atoms with Crippen LogP contribution in [0.3, 0.4) is 0 Å². The van der Waals surface area contributed by atoms with Crippen molar-refractivity contribution in [3.05, 3.63) is 12.8 Å². The molecule has 0 aliphatic heterocycles. The maximum Gasteiger partial charge on any atom is 0.0693 e. The van der Waals surface area contributed by atoms with E-state index in [1.54, 1.807) is 0 Å². The first-order valence-corrected chi connectivity index (χ1v) is 5.51. The molecule has 0 rings (SSSR count). The summed E-state index contributed by atoms with van der Waals surface area (Å²) < 4.78 is 0. The fourth-order valence-electron chi connectivity index (χ4n) is 0.604. The van der Waals surface area contributed by atoms with Gasteiger partial charge in [-0.1, -0.05) is 6.92 Å². The molecule has 4 unspecified atom stereocenters. The Hall–Kier alpha value is 1.45. The van der Waals surface area contributed by atoms with Gasteiger partial charge in [0.25, 0.3) is 0 Å². The Balaban J connectivity index is 3.99. The second-order valence-corrected chi connectivity index (χ2v) is 4.59. The highest BCUT2D eigenvalue weighted by Gasteiger charge is 2.29. The van der Waals surface area contributed by atoms with Gasteiger partial charge in [-0.2, -0.15) is 0 Å². The molecule has 2 radical (unpaired) electrons. The van der Waals surface area contributed by atoms with Crippen LogP contribution in [0, 0.1) is 12.8 Å². The second-order valence-electron chi connectivity index (χ2n) is 2.26. The van der Waals surface area contributed by atoms with Crippen LogP contribution in [0.1, 0.15) is 6.42 Å². The monoisotopic (exact) mass is 268 g/mol. The maximum atomic E-state index is 5.89. The van der Waals surface area contributed by atoms with Gasteiger partial charge in [-0.25, -0.2) is 0 Å².